The number of hydrogen-bond donors (Lipinski definition) is 1. The minimum absolute atomic E-state index is 0.337. The normalized spacial score (nSPS) is 16.2. The van der Waals surface area contributed by atoms with Crippen LogP contribution in [-0.4, -0.2) is 17.0 Å². The van der Waals surface area contributed by atoms with Crippen molar-refractivity contribution in [2.45, 2.75) is 18.8 Å². The van der Waals surface area contributed by atoms with Gasteiger partial charge in [0.1, 0.15) is 5.82 Å². The fourth-order valence-corrected chi connectivity index (χ4v) is 1.34. The third-order valence-electron chi connectivity index (χ3n) is 1.97. The van der Waals surface area contributed by atoms with E-state index >= 15 is 0 Å². The molecule has 3 nitrogen and oxygen atoms in total. The van der Waals surface area contributed by atoms with E-state index in [0.29, 0.717) is 11.2 Å². The first-order valence-electron chi connectivity index (χ1n) is 4.02. The van der Waals surface area contributed by atoms with E-state index in [1.165, 1.54) is 12.8 Å². The number of nitrogens with zero attached hydrogens (tertiary/aromatic N) is 2. The van der Waals surface area contributed by atoms with Gasteiger partial charge in [0.25, 0.3) is 0 Å². The van der Waals surface area contributed by atoms with Crippen LogP contribution in [0.3, 0.4) is 0 Å². The molecule has 0 unspecified atom stereocenters. The van der Waals surface area contributed by atoms with Crippen LogP contribution in [0.4, 0.5) is 5.82 Å². The van der Waals surface area contributed by atoms with Crippen LogP contribution >= 0.6 is 11.6 Å². The average molecular weight is 184 g/mol. The number of nitrogens with one attached hydrogen (secondary N) is 1. The van der Waals surface area contributed by atoms with E-state index in [4.69, 9.17) is 11.6 Å². The van der Waals surface area contributed by atoms with E-state index in [9.17, 15) is 0 Å². The molecule has 4 heteroatoms. The maximum Gasteiger partial charge on any atom is 0.224 e. The molecule has 64 valence electrons. The maximum absolute atomic E-state index is 5.74. The summed E-state index contributed by atoms with van der Waals surface area (Å²) in [5.74, 6) is 1.43. The molecular weight excluding hydrogens is 174 g/mol. The summed E-state index contributed by atoms with van der Waals surface area (Å²) >= 11 is 5.74. The summed E-state index contributed by atoms with van der Waals surface area (Å²) in [5.41, 5.74) is 1.07. The SMILES string of the molecule is CNc1cc(C2CC2)nc(Cl)n1. The second-order valence-corrected chi connectivity index (χ2v) is 3.31. The number of halogens is 1. The lowest BCUT2D eigenvalue weighted by Crippen LogP contribution is -1.97. The van der Waals surface area contributed by atoms with E-state index in [1.807, 2.05) is 13.1 Å². The molecule has 0 saturated heterocycles. The Kier molecular flexibility index (Phi) is 1.89. The fourth-order valence-electron chi connectivity index (χ4n) is 1.15. The van der Waals surface area contributed by atoms with Crippen molar-refractivity contribution in [3.63, 3.8) is 0 Å². The van der Waals surface area contributed by atoms with E-state index in [1.54, 1.807) is 0 Å². The van der Waals surface area contributed by atoms with Crippen LogP contribution in [0.25, 0.3) is 0 Å². The smallest absolute Gasteiger partial charge is 0.224 e. The van der Waals surface area contributed by atoms with Crippen LogP contribution in [0.1, 0.15) is 24.5 Å². The molecule has 2 rings (SSSR count). The van der Waals surface area contributed by atoms with Gasteiger partial charge < -0.3 is 5.32 Å². The lowest BCUT2D eigenvalue weighted by molar-refractivity contribution is 0.988. The number of anilines is 1. The molecule has 1 aliphatic carbocycles. The van der Waals surface area contributed by atoms with Gasteiger partial charge in [-0.2, -0.15) is 0 Å². The van der Waals surface area contributed by atoms with E-state index in [2.05, 4.69) is 15.3 Å². The van der Waals surface area contributed by atoms with Gasteiger partial charge in [-0.1, -0.05) is 0 Å². The monoisotopic (exact) mass is 183 g/mol. The summed E-state index contributed by atoms with van der Waals surface area (Å²) in [6.07, 6.45) is 2.47. The fraction of sp³-hybridized carbons (Fsp3) is 0.500. The Morgan fingerprint density at radius 2 is 2.25 bits per heavy atom. The molecule has 1 fully saturated rings. The Balaban J connectivity index is 2.34. The minimum Gasteiger partial charge on any atom is -0.373 e. The molecule has 0 aromatic carbocycles. The van der Waals surface area contributed by atoms with Crippen molar-refractivity contribution in [3.8, 4) is 0 Å². The first-order chi connectivity index (χ1) is 5.79. The lowest BCUT2D eigenvalue weighted by atomic mass is 10.3. The third kappa shape index (κ3) is 1.50. The molecular formula is C8H10ClN3. The topological polar surface area (TPSA) is 37.8 Å². The zero-order chi connectivity index (χ0) is 8.55. The van der Waals surface area contributed by atoms with Crippen molar-refractivity contribution in [2.75, 3.05) is 12.4 Å². The Morgan fingerprint density at radius 1 is 1.50 bits per heavy atom. The highest BCUT2D eigenvalue weighted by molar-refractivity contribution is 6.28. The molecule has 1 aromatic rings. The Hall–Kier alpha value is -0.830. The Morgan fingerprint density at radius 3 is 2.83 bits per heavy atom. The quantitative estimate of drug-likeness (QED) is 0.714. The molecule has 0 bridgehead atoms. The van der Waals surface area contributed by atoms with Gasteiger partial charge in [-0.3, -0.25) is 0 Å². The second kappa shape index (κ2) is 2.90. The summed E-state index contributed by atoms with van der Waals surface area (Å²) in [5, 5.41) is 3.29. The molecule has 1 aromatic heterocycles. The number of aromatic nitrogens is 2. The van der Waals surface area contributed by atoms with Gasteiger partial charge in [-0.05, 0) is 24.4 Å². The zero-order valence-corrected chi connectivity index (χ0v) is 7.60. The predicted octanol–water partition coefficient (Wildman–Crippen LogP) is 2.05. The van der Waals surface area contributed by atoms with Gasteiger partial charge >= 0.3 is 0 Å². The van der Waals surface area contributed by atoms with Gasteiger partial charge in [0.2, 0.25) is 5.28 Å². The van der Waals surface area contributed by atoms with E-state index in [0.717, 1.165) is 11.5 Å². The predicted molar refractivity (Wildman–Crippen MR) is 48.6 cm³/mol. The molecule has 0 aliphatic heterocycles. The molecule has 0 spiro atoms. The van der Waals surface area contributed by atoms with Crippen molar-refractivity contribution in [2.24, 2.45) is 0 Å². The lowest BCUT2D eigenvalue weighted by Gasteiger charge is -2.02. The van der Waals surface area contributed by atoms with Crippen molar-refractivity contribution in [1.82, 2.24) is 9.97 Å². The molecule has 0 radical (unpaired) electrons. The summed E-state index contributed by atoms with van der Waals surface area (Å²) in [6.45, 7) is 0. The highest BCUT2D eigenvalue weighted by Crippen LogP contribution is 2.39. The minimum atomic E-state index is 0.337. The molecule has 1 saturated carbocycles. The highest BCUT2D eigenvalue weighted by Gasteiger charge is 2.25. The van der Waals surface area contributed by atoms with Crippen LogP contribution in [0.2, 0.25) is 5.28 Å². The molecule has 1 aliphatic rings. The van der Waals surface area contributed by atoms with Gasteiger partial charge in [0, 0.05) is 19.0 Å². The summed E-state index contributed by atoms with van der Waals surface area (Å²) in [6, 6.07) is 1.96. The third-order valence-corrected chi connectivity index (χ3v) is 2.14. The Labute approximate surface area is 76.2 Å². The van der Waals surface area contributed by atoms with E-state index < -0.39 is 0 Å². The van der Waals surface area contributed by atoms with E-state index in [-0.39, 0.29) is 0 Å². The maximum atomic E-state index is 5.74. The highest BCUT2D eigenvalue weighted by atomic mass is 35.5. The van der Waals surface area contributed by atoms with Crippen LogP contribution in [-0.2, 0) is 0 Å². The van der Waals surface area contributed by atoms with Crippen molar-refractivity contribution in [3.05, 3.63) is 17.0 Å². The van der Waals surface area contributed by atoms with Crippen molar-refractivity contribution >= 4 is 17.4 Å². The largest absolute Gasteiger partial charge is 0.373 e. The van der Waals surface area contributed by atoms with Crippen molar-refractivity contribution in [1.29, 1.82) is 0 Å². The van der Waals surface area contributed by atoms with Crippen LogP contribution in [0.15, 0.2) is 6.07 Å². The number of hydrogen-bond acceptors (Lipinski definition) is 3. The van der Waals surface area contributed by atoms with Gasteiger partial charge in [0.15, 0.2) is 0 Å². The molecule has 1 N–H and O–H groups in total. The van der Waals surface area contributed by atoms with Gasteiger partial charge in [-0.25, -0.2) is 9.97 Å². The van der Waals surface area contributed by atoms with Crippen LogP contribution in [0, 0.1) is 0 Å². The standard InChI is InChI=1S/C8H10ClN3/c1-10-7-4-6(5-2-3-5)11-8(9)12-7/h4-5H,2-3H2,1H3,(H,10,11,12). The van der Waals surface area contributed by atoms with Gasteiger partial charge in [0.05, 0.1) is 5.69 Å². The van der Waals surface area contributed by atoms with Gasteiger partial charge in [-0.15, -0.1) is 0 Å². The number of rotatable bonds is 2. The zero-order valence-electron chi connectivity index (χ0n) is 6.84. The molecule has 0 amide bonds. The van der Waals surface area contributed by atoms with Crippen molar-refractivity contribution < 1.29 is 0 Å². The first kappa shape index (κ1) is 7.80. The summed E-state index contributed by atoms with van der Waals surface area (Å²) in [7, 11) is 1.83. The molecule has 12 heavy (non-hydrogen) atoms. The summed E-state index contributed by atoms with van der Waals surface area (Å²) in [4.78, 5) is 8.16. The average Bonchev–Trinajstić information content (AvgIpc) is 2.85. The Bertz CT molecular complexity index is 296. The molecule has 1 heterocycles. The second-order valence-electron chi connectivity index (χ2n) is 2.97. The van der Waals surface area contributed by atoms with Crippen LogP contribution < -0.4 is 5.32 Å². The summed E-state index contributed by atoms with van der Waals surface area (Å²) < 4.78 is 0. The van der Waals surface area contributed by atoms with Crippen LogP contribution in [0.5, 0.6) is 0 Å². The molecule has 0 atom stereocenters. The first-order valence-corrected chi connectivity index (χ1v) is 4.39.